The number of hydrogen-bond acceptors (Lipinski definition) is 2. The number of aromatic hydroxyl groups is 1. The maximum absolute atomic E-state index is 9.65. The van der Waals surface area contributed by atoms with Gasteiger partial charge >= 0.3 is 0 Å². The SMILES string of the molecule is Cc1ccc(NCc2cc(Br)c(O)c(Br)c2)cc1Cl. The molecule has 0 amide bonds. The van der Waals surface area contributed by atoms with Gasteiger partial charge in [-0.1, -0.05) is 17.7 Å². The van der Waals surface area contributed by atoms with Crippen molar-refractivity contribution in [2.45, 2.75) is 13.5 Å². The van der Waals surface area contributed by atoms with E-state index >= 15 is 0 Å². The van der Waals surface area contributed by atoms with Crippen molar-refractivity contribution in [3.8, 4) is 5.75 Å². The van der Waals surface area contributed by atoms with Gasteiger partial charge in [-0.3, -0.25) is 0 Å². The van der Waals surface area contributed by atoms with E-state index in [2.05, 4.69) is 37.2 Å². The first-order chi connectivity index (χ1) is 8.97. The highest BCUT2D eigenvalue weighted by atomic mass is 79.9. The second-order valence-electron chi connectivity index (χ2n) is 4.23. The van der Waals surface area contributed by atoms with Gasteiger partial charge in [-0.25, -0.2) is 0 Å². The minimum Gasteiger partial charge on any atom is -0.506 e. The highest BCUT2D eigenvalue weighted by Crippen LogP contribution is 2.33. The van der Waals surface area contributed by atoms with Crippen LogP contribution in [0.25, 0.3) is 0 Å². The van der Waals surface area contributed by atoms with Gasteiger partial charge in [-0.05, 0) is 74.2 Å². The number of phenols is 1. The number of halogens is 3. The van der Waals surface area contributed by atoms with E-state index in [1.54, 1.807) is 0 Å². The summed E-state index contributed by atoms with van der Waals surface area (Å²) in [5.41, 5.74) is 3.08. The van der Waals surface area contributed by atoms with Crippen molar-refractivity contribution < 1.29 is 5.11 Å². The number of rotatable bonds is 3. The van der Waals surface area contributed by atoms with Crippen LogP contribution in [-0.2, 0) is 6.54 Å². The monoisotopic (exact) mass is 403 g/mol. The van der Waals surface area contributed by atoms with Crippen LogP contribution in [0.4, 0.5) is 5.69 Å². The Bertz CT molecular complexity index is 593. The molecule has 0 bridgehead atoms. The zero-order chi connectivity index (χ0) is 14.0. The lowest BCUT2D eigenvalue weighted by molar-refractivity contribution is 0.468. The molecule has 0 aliphatic rings. The maximum atomic E-state index is 9.65. The van der Waals surface area contributed by atoms with E-state index in [1.807, 2.05) is 37.3 Å². The number of aryl methyl sites for hydroxylation is 1. The van der Waals surface area contributed by atoms with Crippen molar-refractivity contribution in [2.24, 2.45) is 0 Å². The van der Waals surface area contributed by atoms with Gasteiger partial charge in [0.2, 0.25) is 0 Å². The quantitative estimate of drug-likeness (QED) is 0.708. The molecule has 2 aromatic carbocycles. The number of benzene rings is 2. The molecule has 0 heterocycles. The molecule has 0 saturated carbocycles. The number of anilines is 1. The van der Waals surface area contributed by atoms with E-state index in [1.165, 1.54) is 0 Å². The van der Waals surface area contributed by atoms with E-state index < -0.39 is 0 Å². The van der Waals surface area contributed by atoms with Crippen LogP contribution in [0.15, 0.2) is 39.3 Å². The Labute approximate surface area is 134 Å². The fourth-order valence-corrected chi connectivity index (χ4v) is 3.09. The zero-order valence-electron chi connectivity index (χ0n) is 10.2. The Morgan fingerprint density at radius 3 is 2.37 bits per heavy atom. The number of phenolic OH excluding ortho intramolecular Hbond substituents is 1. The Kier molecular flexibility index (Phi) is 4.76. The van der Waals surface area contributed by atoms with Crippen molar-refractivity contribution in [3.63, 3.8) is 0 Å². The zero-order valence-corrected chi connectivity index (χ0v) is 14.1. The second kappa shape index (κ2) is 6.16. The molecule has 0 aliphatic carbocycles. The van der Waals surface area contributed by atoms with E-state index in [4.69, 9.17) is 11.6 Å². The summed E-state index contributed by atoms with van der Waals surface area (Å²) < 4.78 is 1.33. The van der Waals surface area contributed by atoms with Crippen LogP contribution >= 0.6 is 43.5 Å². The minimum absolute atomic E-state index is 0.210. The molecule has 2 rings (SSSR count). The molecule has 2 aromatic rings. The van der Waals surface area contributed by atoms with Crippen LogP contribution in [0.1, 0.15) is 11.1 Å². The van der Waals surface area contributed by atoms with Crippen LogP contribution in [-0.4, -0.2) is 5.11 Å². The maximum Gasteiger partial charge on any atom is 0.143 e. The van der Waals surface area contributed by atoms with E-state index in [-0.39, 0.29) is 5.75 Å². The summed E-state index contributed by atoms with van der Waals surface area (Å²) in [6.45, 7) is 2.62. The molecule has 0 aliphatic heterocycles. The third kappa shape index (κ3) is 3.65. The van der Waals surface area contributed by atoms with Crippen LogP contribution in [0.5, 0.6) is 5.75 Å². The lowest BCUT2D eigenvalue weighted by Crippen LogP contribution is -1.99. The van der Waals surface area contributed by atoms with Gasteiger partial charge in [0.1, 0.15) is 5.75 Å². The average Bonchev–Trinajstić information content (AvgIpc) is 2.37. The molecule has 19 heavy (non-hydrogen) atoms. The molecule has 0 aromatic heterocycles. The molecule has 2 N–H and O–H groups in total. The molecule has 0 unspecified atom stereocenters. The highest BCUT2D eigenvalue weighted by Gasteiger charge is 2.06. The van der Waals surface area contributed by atoms with E-state index in [0.717, 1.165) is 21.8 Å². The summed E-state index contributed by atoms with van der Waals surface area (Å²) in [6.07, 6.45) is 0. The van der Waals surface area contributed by atoms with Crippen molar-refractivity contribution in [1.82, 2.24) is 0 Å². The Morgan fingerprint density at radius 1 is 1.16 bits per heavy atom. The third-order valence-corrected chi connectivity index (χ3v) is 4.36. The summed E-state index contributed by atoms with van der Waals surface area (Å²) in [5.74, 6) is 0.210. The predicted octanol–water partition coefficient (Wildman–Crippen LogP) is 5.49. The third-order valence-electron chi connectivity index (χ3n) is 2.75. The van der Waals surface area contributed by atoms with Gasteiger partial charge in [0.25, 0.3) is 0 Å². The molecular formula is C14H12Br2ClNO. The van der Waals surface area contributed by atoms with Crippen LogP contribution in [0.3, 0.4) is 0 Å². The van der Waals surface area contributed by atoms with Crippen LogP contribution in [0.2, 0.25) is 5.02 Å². The van der Waals surface area contributed by atoms with Gasteiger partial charge in [0.05, 0.1) is 8.95 Å². The van der Waals surface area contributed by atoms with E-state index in [0.29, 0.717) is 15.5 Å². The van der Waals surface area contributed by atoms with Gasteiger partial charge in [0.15, 0.2) is 0 Å². The molecule has 2 nitrogen and oxygen atoms in total. The first kappa shape index (κ1) is 14.7. The fourth-order valence-electron chi connectivity index (χ4n) is 1.63. The van der Waals surface area contributed by atoms with Crippen molar-refractivity contribution in [1.29, 1.82) is 0 Å². The molecule has 0 atom stereocenters. The molecule has 0 fully saturated rings. The van der Waals surface area contributed by atoms with Crippen LogP contribution in [0, 0.1) is 6.92 Å². The summed E-state index contributed by atoms with van der Waals surface area (Å²) in [6, 6.07) is 9.63. The summed E-state index contributed by atoms with van der Waals surface area (Å²) in [5, 5.41) is 13.7. The lowest BCUT2D eigenvalue weighted by Gasteiger charge is -2.10. The first-order valence-electron chi connectivity index (χ1n) is 5.64. The van der Waals surface area contributed by atoms with Gasteiger partial charge in [-0.2, -0.15) is 0 Å². The Morgan fingerprint density at radius 2 is 1.79 bits per heavy atom. The van der Waals surface area contributed by atoms with E-state index in [9.17, 15) is 5.11 Å². The topological polar surface area (TPSA) is 32.3 Å². The van der Waals surface area contributed by atoms with Crippen molar-refractivity contribution in [3.05, 3.63) is 55.4 Å². The Balaban J connectivity index is 2.12. The number of nitrogens with one attached hydrogen (secondary N) is 1. The normalized spacial score (nSPS) is 10.5. The average molecular weight is 406 g/mol. The van der Waals surface area contributed by atoms with Crippen molar-refractivity contribution in [2.75, 3.05) is 5.32 Å². The fraction of sp³-hybridized carbons (Fsp3) is 0.143. The molecule has 100 valence electrons. The Hall–Kier alpha value is -0.710. The summed E-state index contributed by atoms with van der Waals surface area (Å²) >= 11 is 12.7. The molecule has 5 heteroatoms. The second-order valence-corrected chi connectivity index (χ2v) is 6.34. The number of hydrogen-bond donors (Lipinski definition) is 2. The molecule has 0 radical (unpaired) electrons. The smallest absolute Gasteiger partial charge is 0.143 e. The molecule has 0 spiro atoms. The standard InChI is InChI=1S/C14H12Br2ClNO/c1-8-2-3-10(6-13(8)17)18-7-9-4-11(15)14(19)12(16)5-9/h2-6,18-19H,7H2,1H3. The lowest BCUT2D eigenvalue weighted by atomic mass is 10.2. The van der Waals surface area contributed by atoms with Gasteiger partial charge in [-0.15, -0.1) is 0 Å². The van der Waals surface area contributed by atoms with Gasteiger partial charge in [0, 0.05) is 17.3 Å². The van der Waals surface area contributed by atoms with Crippen LogP contribution < -0.4 is 5.32 Å². The summed E-state index contributed by atoms with van der Waals surface area (Å²) in [4.78, 5) is 0. The molecule has 0 saturated heterocycles. The summed E-state index contributed by atoms with van der Waals surface area (Å²) in [7, 11) is 0. The van der Waals surface area contributed by atoms with Crippen molar-refractivity contribution >= 4 is 49.1 Å². The minimum atomic E-state index is 0.210. The largest absolute Gasteiger partial charge is 0.506 e. The molecular weight excluding hydrogens is 393 g/mol. The first-order valence-corrected chi connectivity index (χ1v) is 7.60. The van der Waals surface area contributed by atoms with Gasteiger partial charge < -0.3 is 10.4 Å². The highest BCUT2D eigenvalue weighted by molar-refractivity contribution is 9.11. The predicted molar refractivity (Wildman–Crippen MR) is 87.0 cm³/mol.